The molecule has 0 bridgehead atoms. The molecule has 0 aliphatic carbocycles. The maximum absolute atomic E-state index is 12.4. The molecule has 7 heteroatoms. The molecule has 0 aliphatic heterocycles. The Labute approximate surface area is 142 Å². The minimum absolute atomic E-state index is 0.00290. The second kappa shape index (κ2) is 7.92. The molecule has 0 atom stereocenters. The van der Waals surface area contributed by atoms with Gasteiger partial charge in [0.05, 0.1) is 5.52 Å². The molecule has 0 aliphatic rings. The van der Waals surface area contributed by atoms with Gasteiger partial charge in [-0.3, -0.25) is 14.0 Å². The first-order valence-electron chi connectivity index (χ1n) is 8.11. The molecule has 0 fully saturated rings. The Morgan fingerprint density at radius 3 is 2.67 bits per heavy atom. The molecular weight excluding hydrogens is 306 g/mol. The Morgan fingerprint density at radius 2 is 2.00 bits per heavy atom. The lowest BCUT2D eigenvalue weighted by molar-refractivity contribution is 0.0932. The summed E-state index contributed by atoms with van der Waals surface area (Å²) in [5, 5.41) is 5.68. The van der Waals surface area contributed by atoms with Crippen molar-refractivity contribution in [2.75, 3.05) is 27.2 Å². The fourth-order valence-corrected chi connectivity index (χ4v) is 2.37. The minimum atomic E-state index is -0.294. The molecular formula is C17H25N5O2. The van der Waals surface area contributed by atoms with Crippen LogP contribution in [0.2, 0.25) is 0 Å². The summed E-state index contributed by atoms with van der Waals surface area (Å²) >= 11 is 0. The molecule has 0 aromatic carbocycles. The van der Waals surface area contributed by atoms with E-state index in [0.29, 0.717) is 12.1 Å². The lowest BCUT2D eigenvalue weighted by Gasteiger charge is -2.09. The van der Waals surface area contributed by atoms with E-state index < -0.39 is 0 Å². The average Bonchev–Trinajstić information content (AvgIpc) is 2.90. The van der Waals surface area contributed by atoms with Crippen LogP contribution in [0.5, 0.6) is 0 Å². The lowest BCUT2D eigenvalue weighted by atomic mass is 10.3. The van der Waals surface area contributed by atoms with Crippen molar-refractivity contribution in [1.29, 1.82) is 0 Å². The molecule has 2 amide bonds. The van der Waals surface area contributed by atoms with E-state index in [9.17, 15) is 9.59 Å². The molecule has 2 rings (SSSR count). The number of hydrogen-bond donors (Lipinski definition) is 2. The van der Waals surface area contributed by atoms with E-state index in [1.54, 1.807) is 22.7 Å². The quantitative estimate of drug-likeness (QED) is 0.746. The van der Waals surface area contributed by atoms with Crippen molar-refractivity contribution < 1.29 is 9.59 Å². The number of carbonyl (C=O) groups is 2. The third-order valence-electron chi connectivity index (χ3n) is 3.45. The zero-order valence-electron chi connectivity index (χ0n) is 14.7. The van der Waals surface area contributed by atoms with E-state index in [-0.39, 0.29) is 29.4 Å². The number of imidazole rings is 1. The third kappa shape index (κ3) is 4.32. The molecule has 7 nitrogen and oxygen atoms in total. The van der Waals surface area contributed by atoms with E-state index in [1.165, 1.54) is 0 Å². The standard InChI is InChI=1S/C17H25N5O2/c1-12(2)19-17(24)15-20-14(13-8-5-6-11-22(13)15)16(23)18-9-7-10-21(3)4/h5-6,8,11-12H,7,9-10H2,1-4H3,(H,18,23)(H,19,24). The first-order chi connectivity index (χ1) is 11.4. The first kappa shape index (κ1) is 17.9. The summed E-state index contributed by atoms with van der Waals surface area (Å²) in [4.78, 5) is 31.1. The predicted molar refractivity (Wildman–Crippen MR) is 93.3 cm³/mol. The highest BCUT2D eigenvalue weighted by Crippen LogP contribution is 2.13. The van der Waals surface area contributed by atoms with E-state index in [0.717, 1.165) is 13.0 Å². The van der Waals surface area contributed by atoms with Gasteiger partial charge < -0.3 is 15.5 Å². The molecule has 0 saturated heterocycles. The number of nitrogens with one attached hydrogen (secondary N) is 2. The van der Waals surface area contributed by atoms with Crippen LogP contribution in [0.25, 0.3) is 5.52 Å². The predicted octanol–water partition coefficient (Wildman–Crippen LogP) is 1.15. The van der Waals surface area contributed by atoms with Gasteiger partial charge in [0.1, 0.15) is 0 Å². The maximum Gasteiger partial charge on any atom is 0.287 e. The molecule has 0 spiro atoms. The highest BCUT2D eigenvalue weighted by molar-refractivity contribution is 6.02. The molecule has 2 heterocycles. The summed E-state index contributed by atoms with van der Waals surface area (Å²) in [6, 6.07) is 5.41. The van der Waals surface area contributed by atoms with Crippen molar-refractivity contribution in [2.45, 2.75) is 26.3 Å². The maximum atomic E-state index is 12.4. The van der Waals surface area contributed by atoms with Gasteiger partial charge in [0.15, 0.2) is 5.69 Å². The Bertz CT molecular complexity index is 721. The van der Waals surface area contributed by atoms with Gasteiger partial charge in [-0.2, -0.15) is 0 Å². The number of fused-ring (bicyclic) bond motifs is 1. The lowest BCUT2D eigenvalue weighted by Crippen LogP contribution is -2.31. The zero-order valence-corrected chi connectivity index (χ0v) is 14.7. The molecule has 0 saturated carbocycles. The van der Waals surface area contributed by atoms with E-state index >= 15 is 0 Å². The fourth-order valence-electron chi connectivity index (χ4n) is 2.37. The van der Waals surface area contributed by atoms with Crippen molar-refractivity contribution in [3.05, 3.63) is 35.9 Å². The number of pyridine rings is 1. The van der Waals surface area contributed by atoms with Gasteiger partial charge in [-0.15, -0.1) is 0 Å². The molecule has 0 radical (unpaired) electrons. The average molecular weight is 331 g/mol. The highest BCUT2D eigenvalue weighted by Gasteiger charge is 2.21. The van der Waals surface area contributed by atoms with Gasteiger partial charge >= 0.3 is 0 Å². The number of aromatic nitrogens is 2. The fraction of sp³-hybridized carbons (Fsp3) is 0.471. The Balaban J connectivity index is 2.21. The molecule has 24 heavy (non-hydrogen) atoms. The van der Waals surface area contributed by atoms with Crippen LogP contribution < -0.4 is 10.6 Å². The second-order valence-electron chi connectivity index (χ2n) is 6.28. The van der Waals surface area contributed by atoms with Crippen LogP contribution in [0.15, 0.2) is 24.4 Å². The van der Waals surface area contributed by atoms with Crippen LogP contribution in [0.3, 0.4) is 0 Å². The minimum Gasteiger partial charge on any atom is -0.351 e. The Hall–Kier alpha value is -2.41. The summed E-state index contributed by atoms with van der Waals surface area (Å²) in [6.45, 7) is 5.22. The Morgan fingerprint density at radius 1 is 1.25 bits per heavy atom. The smallest absolute Gasteiger partial charge is 0.287 e. The Kier molecular flexibility index (Phi) is 5.92. The number of nitrogens with zero attached hydrogens (tertiary/aromatic N) is 3. The normalized spacial score (nSPS) is 11.2. The van der Waals surface area contributed by atoms with E-state index in [2.05, 4.69) is 20.5 Å². The van der Waals surface area contributed by atoms with Crippen LogP contribution in [-0.2, 0) is 0 Å². The summed E-state index contributed by atoms with van der Waals surface area (Å²) in [6.07, 6.45) is 2.59. The topological polar surface area (TPSA) is 78.7 Å². The number of hydrogen-bond acceptors (Lipinski definition) is 4. The monoisotopic (exact) mass is 331 g/mol. The van der Waals surface area contributed by atoms with Crippen molar-refractivity contribution in [1.82, 2.24) is 24.9 Å². The van der Waals surface area contributed by atoms with Crippen LogP contribution in [0.4, 0.5) is 0 Å². The summed E-state index contributed by atoms with van der Waals surface area (Å²) in [5.41, 5.74) is 0.894. The van der Waals surface area contributed by atoms with Crippen molar-refractivity contribution >= 4 is 17.3 Å². The van der Waals surface area contributed by atoms with Crippen LogP contribution >= 0.6 is 0 Å². The second-order valence-corrected chi connectivity index (χ2v) is 6.28. The third-order valence-corrected chi connectivity index (χ3v) is 3.45. The highest BCUT2D eigenvalue weighted by atomic mass is 16.2. The van der Waals surface area contributed by atoms with Crippen LogP contribution in [-0.4, -0.2) is 59.3 Å². The van der Waals surface area contributed by atoms with Crippen LogP contribution in [0, 0.1) is 0 Å². The molecule has 2 aromatic heterocycles. The van der Waals surface area contributed by atoms with Crippen molar-refractivity contribution in [3.8, 4) is 0 Å². The van der Waals surface area contributed by atoms with Crippen molar-refractivity contribution in [2.24, 2.45) is 0 Å². The van der Waals surface area contributed by atoms with Gasteiger partial charge in [0, 0.05) is 18.8 Å². The van der Waals surface area contributed by atoms with Gasteiger partial charge in [-0.25, -0.2) is 4.98 Å². The zero-order chi connectivity index (χ0) is 17.7. The number of amides is 2. The van der Waals surface area contributed by atoms with Gasteiger partial charge in [0.2, 0.25) is 5.82 Å². The summed E-state index contributed by atoms with van der Waals surface area (Å²) in [5.74, 6) is -0.336. The van der Waals surface area contributed by atoms with E-state index in [1.807, 2.05) is 34.0 Å². The molecule has 130 valence electrons. The van der Waals surface area contributed by atoms with Gasteiger partial charge in [-0.1, -0.05) is 6.07 Å². The molecule has 0 unspecified atom stereocenters. The summed E-state index contributed by atoms with van der Waals surface area (Å²) in [7, 11) is 3.98. The van der Waals surface area contributed by atoms with Crippen molar-refractivity contribution in [3.63, 3.8) is 0 Å². The SMILES string of the molecule is CC(C)NC(=O)c1nc(C(=O)NCCCN(C)C)c2ccccn12. The summed E-state index contributed by atoms with van der Waals surface area (Å²) < 4.78 is 1.65. The first-order valence-corrected chi connectivity index (χ1v) is 8.11. The largest absolute Gasteiger partial charge is 0.351 e. The van der Waals surface area contributed by atoms with E-state index in [4.69, 9.17) is 0 Å². The molecule has 2 aromatic rings. The number of carbonyl (C=O) groups excluding carboxylic acids is 2. The number of rotatable bonds is 7. The van der Waals surface area contributed by atoms with Gasteiger partial charge in [-0.05, 0) is 53.0 Å². The van der Waals surface area contributed by atoms with Gasteiger partial charge in [0.25, 0.3) is 11.8 Å². The van der Waals surface area contributed by atoms with Crippen LogP contribution in [0.1, 0.15) is 41.4 Å². The molecule has 2 N–H and O–H groups in total.